The molecule has 4 rings (SSSR count). The second-order valence-corrected chi connectivity index (χ2v) is 7.31. The summed E-state index contributed by atoms with van der Waals surface area (Å²) in [6.07, 6.45) is 1.81. The Kier molecular flexibility index (Phi) is 4.88. The van der Waals surface area contributed by atoms with Gasteiger partial charge < -0.3 is 15.4 Å². The van der Waals surface area contributed by atoms with Gasteiger partial charge in [-0.1, -0.05) is 23.7 Å². The standard InChI is InChI=1S/C21H18ClN3OS/c1-13-3-5-17-16(20(13)24-15-8-10-27-12-15)7-9-23-21(17)25-14-4-6-19(26-2)18(22)11-14/h3-12,24H,1-2H3,(H,23,25). The molecule has 0 fully saturated rings. The Morgan fingerprint density at radius 3 is 2.63 bits per heavy atom. The minimum Gasteiger partial charge on any atom is -0.495 e. The van der Waals surface area contributed by atoms with E-state index in [9.17, 15) is 0 Å². The Hall–Kier alpha value is -2.76. The molecule has 0 spiro atoms. The number of benzene rings is 2. The first-order valence-corrected chi connectivity index (χ1v) is 9.76. The first kappa shape index (κ1) is 17.6. The highest BCUT2D eigenvalue weighted by atomic mass is 35.5. The first-order chi connectivity index (χ1) is 13.2. The molecule has 4 nitrogen and oxygen atoms in total. The molecule has 0 amide bonds. The van der Waals surface area contributed by atoms with E-state index in [0.29, 0.717) is 10.8 Å². The van der Waals surface area contributed by atoms with E-state index in [-0.39, 0.29) is 0 Å². The van der Waals surface area contributed by atoms with Crippen LogP contribution in [-0.4, -0.2) is 12.1 Å². The van der Waals surface area contributed by atoms with Crippen LogP contribution in [-0.2, 0) is 0 Å². The molecule has 0 aliphatic carbocycles. The molecule has 4 aromatic rings. The van der Waals surface area contributed by atoms with E-state index in [4.69, 9.17) is 16.3 Å². The van der Waals surface area contributed by atoms with Crippen LogP contribution in [0.25, 0.3) is 10.8 Å². The number of nitrogens with zero attached hydrogens (tertiary/aromatic N) is 1. The van der Waals surface area contributed by atoms with Gasteiger partial charge in [0.1, 0.15) is 11.6 Å². The first-order valence-electron chi connectivity index (χ1n) is 8.44. The summed E-state index contributed by atoms with van der Waals surface area (Å²) in [5.41, 5.74) is 4.21. The van der Waals surface area contributed by atoms with Crippen LogP contribution in [0.15, 0.2) is 59.4 Å². The van der Waals surface area contributed by atoms with Crippen LogP contribution < -0.4 is 15.4 Å². The Labute approximate surface area is 166 Å². The van der Waals surface area contributed by atoms with E-state index in [2.05, 4.69) is 51.5 Å². The van der Waals surface area contributed by atoms with Gasteiger partial charge in [-0.05, 0) is 48.2 Å². The molecule has 27 heavy (non-hydrogen) atoms. The second kappa shape index (κ2) is 7.47. The predicted molar refractivity (Wildman–Crippen MR) is 115 cm³/mol. The van der Waals surface area contributed by atoms with Crippen LogP contribution in [0.5, 0.6) is 5.75 Å². The molecule has 0 saturated carbocycles. The summed E-state index contributed by atoms with van der Waals surface area (Å²) in [7, 11) is 1.60. The SMILES string of the molecule is COc1ccc(Nc2nccc3c(Nc4ccsc4)c(C)ccc23)cc1Cl. The van der Waals surface area contributed by atoms with Gasteiger partial charge in [0.25, 0.3) is 0 Å². The van der Waals surface area contributed by atoms with Crippen molar-refractivity contribution < 1.29 is 4.74 Å². The van der Waals surface area contributed by atoms with Crippen molar-refractivity contribution in [3.8, 4) is 5.75 Å². The van der Waals surface area contributed by atoms with Crippen molar-refractivity contribution in [1.29, 1.82) is 0 Å². The smallest absolute Gasteiger partial charge is 0.138 e. The van der Waals surface area contributed by atoms with Crippen LogP contribution in [0.2, 0.25) is 5.02 Å². The number of nitrogens with one attached hydrogen (secondary N) is 2. The van der Waals surface area contributed by atoms with Gasteiger partial charge >= 0.3 is 0 Å². The van der Waals surface area contributed by atoms with Gasteiger partial charge in [-0.3, -0.25) is 0 Å². The van der Waals surface area contributed by atoms with Gasteiger partial charge in [-0.15, -0.1) is 0 Å². The number of hydrogen-bond acceptors (Lipinski definition) is 5. The van der Waals surface area contributed by atoms with Crippen LogP contribution in [0.4, 0.5) is 22.9 Å². The van der Waals surface area contributed by atoms with E-state index in [1.807, 2.05) is 30.5 Å². The van der Waals surface area contributed by atoms with Crippen LogP contribution in [0.1, 0.15) is 5.56 Å². The number of hydrogen-bond donors (Lipinski definition) is 2. The zero-order chi connectivity index (χ0) is 18.8. The summed E-state index contributed by atoms with van der Waals surface area (Å²) in [5.74, 6) is 1.42. The average molecular weight is 396 g/mol. The van der Waals surface area contributed by atoms with Crippen LogP contribution >= 0.6 is 22.9 Å². The Bertz CT molecular complexity index is 1100. The van der Waals surface area contributed by atoms with Gasteiger partial charge in [0.15, 0.2) is 0 Å². The topological polar surface area (TPSA) is 46.2 Å². The predicted octanol–water partition coefficient (Wildman–Crippen LogP) is 6.75. The van der Waals surface area contributed by atoms with Crippen molar-refractivity contribution in [2.75, 3.05) is 17.7 Å². The van der Waals surface area contributed by atoms with Gasteiger partial charge in [0, 0.05) is 39.4 Å². The highest BCUT2D eigenvalue weighted by Gasteiger charge is 2.11. The molecule has 6 heteroatoms. The van der Waals surface area contributed by atoms with E-state index < -0.39 is 0 Å². The lowest BCUT2D eigenvalue weighted by molar-refractivity contribution is 0.415. The van der Waals surface area contributed by atoms with Crippen molar-refractivity contribution in [3.63, 3.8) is 0 Å². The third-order valence-electron chi connectivity index (χ3n) is 4.36. The van der Waals surface area contributed by atoms with Crippen molar-refractivity contribution in [1.82, 2.24) is 4.98 Å². The Balaban J connectivity index is 1.75. The largest absolute Gasteiger partial charge is 0.495 e. The lowest BCUT2D eigenvalue weighted by Gasteiger charge is -2.15. The van der Waals surface area contributed by atoms with Crippen molar-refractivity contribution >= 4 is 56.6 Å². The van der Waals surface area contributed by atoms with Crippen molar-refractivity contribution in [2.45, 2.75) is 6.92 Å². The van der Waals surface area contributed by atoms with Gasteiger partial charge in [-0.25, -0.2) is 4.98 Å². The van der Waals surface area contributed by atoms with Crippen molar-refractivity contribution in [2.24, 2.45) is 0 Å². The summed E-state index contributed by atoms with van der Waals surface area (Å²) < 4.78 is 5.22. The number of methoxy groups -OCH3 is 1. The number of aryl methyl sites for hydroxylation is 1. The summed E-state index contributed by atoms with van der Waals surface area (Å²) >= 11 is 7.91. The molecule has 0 bridgehead atoms. The lowest BCUT2D eigenvalue weighted by Crippen LogP contribution is -1.98. The highest BCUT2D eigenvalue weighted by molar-refractivity contribution is 7.08. The molecule has 136 valence electrons. The fourth-order valence-electron chi connectivity index (χ4n) is 2.99. The maximum absolute atomic E-state index is 6.25. The van der Waals surface area contributed by atoms with E-state index >= 15 is 0 Å². The van der Waals surface area contributed by atoms with Gasteiger partial charge in [0.2, 0.25) is 0 Å². The van der Waals surface area contributed by atoms with Gasteiger partial charge in [0.05, 0.1) is 12.1 Å². The number of thiophene rings is 1. The van der Waals surface area contributed by atoms with E-state index in [1.165, 1.54) is 5.56 Å². The summed E-state index contributed by atoms with van der Waals surface area (Å²) in [6.45, 7) is 2.10. The third kappa shape index (κ3) is 3.56. The summed E-state index contributed by atoms with van der Waals surface area (Å²) in [6, 6.07) is 13.9. The normalized spacial score (nSPS) is 10.8. The molecular formula is C21H18ClN3OS. The minimum atomic E-state index is 0.554. The quantitative estimate of drug-likeness (QED) is 0.392. The molecule has 2 aromatic heterocycles. The van der Waals surface area contributed by atoms with Crippen LogP contribution in [0.3, 0.4) is 0 Å². The monoisotopic (exact) mass is 395 g/mol. The zero-order valence-electron chi connectivity index (χ0n) is 14.9. The molecule has 2 N–H and O–H groups in total. The molecule has 0 saturated heterocycles. The maximum atomic E-state index is 6.25. The third-order valence-corrected chi connectivity index (χ3v) is 5.34. The summed E-state index contributed by atoms with van der Waals surface area (Å²) in [5, 5.41) is 13.7. The molecule has 0 unspecified atom stereocenters. The van der Waals surface area contributed by atoms with Crippen LogP contribution in [0, 0.1) is 6.92 Å². The summed E-state index contributed by atoms with van der Waals surface area (Å²) in [4.78, 5) is 4.53. The fourth-order valence-corrected chi connectivity index (χ4v) is 3.84. The Morgan fingerprint density at radius 2 is 1.89 bits per heavy atom. The number of rotatable bonds is 5. The number of pyridine rings is 1. The molecule has 0 aliphatic rings. The Morgan fingerprint density at radius 1 is 1.00 bits per heavy atom. The molecule has 2 heterocycles. The number of ether oxygens (including phenoxy) is 1. The molecule has 0 radical (unpaired) electrons. The van der Waals surface area contributed by atoms with E-state index in [1.54, 1.807) is 18.4 Å². The second-order valence-electron chi connectivity index (χ2n) is 6.12. The lowest BCUT2D eigenvalue weighted by atomic mass is 10.1. The minimum absolute atomic E-state index is 0.554. The highest BCUT2D eigenvalue weighted by Crippen LogP contribution is 2.35. The maximum Gasteiger partial charge on any atom is 0.138 e. The zero-order valence-corrected chi connectivity index (χ0v) is 16.5. The number of aromatic nitrogens is 1. The van der Waals surface area contributed by atoms with Gasteiger partial charge in [-0.2, -0.15) is 11.3 Å². The number of anilines is 4. The molecule has 2 aromatic carbocycles. The molecular weight excluding hydrogens is 378 g/mol. The average Bonchev–Trinajstić information content (AvgIpc) is 3.18. The number of fused-ring (bicyclic) bond motifs is 1. The molecule has 0 aliphatic heterocycles. The van der Waals surface area contributed by atoms with E-state index in [0.717, 1.165) is 33.7 Å². The van der Waals surface area contributed by atoms with Crippen molar-refractivity contribution in [3.05, 3.63) is 70.0 Å². The fraction of sp³-hybridized carbons (Fsp3) is 0.0952. The number of halogens is 1. The molecule has 0 atom stereocenters.